The molecule has 1 amide bonds. The Balaban J connectivity index is 1.48. The first kappa shape index (κ1) is 20.8. The predicted octanol–water partition coefficient (Wildman–Crippen LogP) is 5.40. The van der Waals surface area contributed by atoms with Crippen LogP contribution in [0.1, 0.15) is 23.2 Å². The normalized spacial score (nSPS) is 13.2. The van der Waals surface area contributed by atoms with E-state index in [1.54, 1.807) is 18.0 Å². The zero-order valence-corrected chi connectivity index (χ0v) is 18.6. The van der Waals surface area contributed by atoms with Gasteiger partial charge in [-0.05, 0) is 67.4 Å². The van der Waals surface area contributed by atoms with E-state index in [1.807, 2.05) is 72.8 Å². The highest BCUT2D eigenvalue weighted by Crippen LogP contribution is 2.28. The van der Waals surface area contributed by atoms with E-state index in [0.29, 0.717) is 11.3 Å². The molecule has 5 rings (SSSR count). The molecule has 0 saturated carbocycles. The van der Waals surface area contributed by atoms with Crippen LogP contribution in [0, 0.1) is 0 Å². The fraction of sp³-hybridized carbons (Fsp3) is 0.185. The van der Waals surface area contributed by atoms with Crippen molar-refractivity contribution in [2.24, 2.45) is 0 Å². The van der Waals surface area contributed by atoms with Gasteiger partial charge in [0.05, 0.1) is 18.4 Å². The van der Waals surface area contributed by atoms with Crippen molar-refractivity contribution in [3.8, 4) is 22.7 Å². The van der Waals surface area contributed by atoms with Crippen LogP contribution < -0.4 is 15.0 Å². The third-order valence-electron chi connectivity index (χ3n) is 5.92. The van der Waals surface area contributed by atoms with Crippen molar-refractivity contribution in [2.45, 2.75) is 12.8 Å². The summed E-state index contributed by atoms with van der Waals surface area (Å²) in [5.41, 5.74) is 4.78. The second kappa shape index (κ2) is 9.20. The van der Waals surface area contributed by atoms with Gasteiger partial charge in [-0.25, -0.2) is 4.68 Å². The number of nitrogens with zero attached hydrogens (tertiary/aromatic N) is 3. The summed E-state index contributed by atoms with van der Waals surface area (Å²) in [6.07, 6.45) is 4.20. The van der Waals surface area contributed by atoms with Gasteiger partial charge in [0, 0.05) is 36.2 Å². The van der Waals surface area contributed by atoms with Crippen molar-refractivity contribution >= 4 is 17.3 Å². The number of rotatable bonds is 6. The topological polar surface area (TPSA) is 59.4 Å². The first-order valence-electron chi connectivity index (χ1n) is 11.2. The van der Waals surface area contributed by atoms with Gasteiger partial charge in [0.15, 0.2) is 0 Å². The van der Waals surface area contributed by atoms with Crippen LogP contribution in [0.25, 0.3) is 16.9 Å². The molecule has 166 valence electrons. The van der Waals surface area contributed by atoms with E-state index in [9.17, 15) is 4.79 Å². The first-order chi connectivity index (χ1) is 16.2. The Labute approximate surface area is 193 Å². The number of hydrogen-bond acceptors (Lipinski definition) is 4. The largest absolute Gasteiger partial charge is 0.497 e. The van der Waals surface area contributed by atoms with Crippen LogP contribution in [-0.2, 0) is 0 Å². The molecule has 0 bridgehead atoms. The average molecular weight is 439 g/mol. The Hall–Kier alpha value is -4.06. The lowest BCUT2D eigenvalue weighted by Crippen LogP contribution is -2.18. The predicted molar refractivity (Wildman–Crippen MR) is 131 cm³/mol. The van der Waals surface area contributed by atoms with Crippen LogP contribution in [0.2, 0.25) is 0 Å². The Morgan fingerprint density at radius 2 is 1.64 bits per heavy atom. The molecule has 1 N–H and O–H groups in total. The summed E-state index contributed by atoms with van der Waals surface area (Å²) in [6.45, 7) is 2.12. The zero-order chi connectivity index (χ0) is 22.6. The Morgan fingerprint density at radius 1 is 0.909 bits per heavy atom. The summed E-state index contributed by atoms with van der Waals surface area (Å²) in [4.78, 5) is 15.8. The van der Waals surface area contributed by atoms with Gasteiger partial charge in [0.25, 0.3) is 5.91 Å². The number of carbonyl (C=O) groups excluding carboxylic acids is 1. The second-order valence-corrected chi connectivity index (χ2v) is 8.10. The highest BCUT2D eigenvalue weighted by atomic mass is 16.5. The maximum atomic E-state index is 13.4. The fourth-order valence-corrected chi connectivity index (χ4v) is 4.17. The molecule has 1 aliphatic rings. The molecule has 33 heavy (non-hydrogen) atoms. The van der Waals surface area contributed by atoms with Crippen molar-refractivity contribution in [1.82, 2.24) is 9.78 Å². The van der Waals surface area contributed by atoms with E-state index in [1.165, 1.54) is 12.8 Å². The van der Waals surface area contributed by atoms with Crippen LogP contribution in [0.5, 0.6) is 5.75 Å². The van der Waals surface area contributed by atoms with Gasteiger partial charge in [0.2, 0.25) is 0 Å². The summed E-state index contributed by atoms with van der Waals surface area (Å²) < 4.78 is 7.03. The molecule has 3 aromatic carbocycles. The average Bonchev–Trinajstić information content (AvgIpc) is 3.56. The second-order valence-electron chi connectivity index (χ2n) is 8.10. The minimum atomic E-state index is -0.193. The van der Waals surface area contributed by atoms with Crippen LogP contribution in [0.3, 0.4) is 0 Å². The lowest BCUT2D eigenvalue weighted by atomic mass is 10.1. The summed E-state index contributed by atoms with van der Waals surface area (Å²) in [5, 5.41) is 7.83. The van der Waals surface area contributed by atoms with Crippen LogP contribution >= 0.6 is 0 Å². The summed E-state index contributed by atoms with van der Waals surface area (Å²) >= 11 is 0. The van der Waals surface area contributed by atoms with Gasteiger partial charge >= 0.3 is 0 Å². The van der Waals surface area contributed by atoms with Crippen molar-refractivity contribution in [2.75, 3.05) is 30.4 Å². The lowest BCUT2D eigenvalue weighted by molar-refractivity contribution is 0.102. The zero-order valence-electron chi connectivity index (χ0n) is 18.6. The molecule has 0 atom stereocenters. The molecule has 0 unspecified atom stereocenters. The minimum absolute atomic E-state index is 0.193. The van der Waals surface area contributed by atoms with Crippen LogP contribution in [0.15, 0.2) is 85.1 Å². The standard InChI is InChI=1S/C27H26N4O2/c1-33-24-14-12-20(13-15-24)26-25(19-31(29-26)22-9-3-2-4-10-22)27(32)28-21-8-7-11-23(18-21)30-16-5-6-17-30/h2-4,7-15,18-19H,5-6,16-17H2,1H3,(H,28,32). The van der Waals surface area contributed by atoms with Crippen molar-refractivity contribution < 1.29 is 9.53 Å². The first-order valence-corrected chi connectivity index (χ1v) is 11.2. The third-order valence-corrected chi connectivity index (χ3v) is 5.92. The summed E-state index contributed by atoms with van der Waals surface area (Å²) in [7, 11) is 1.63. The van der Waals surface area contributed by atoms with Crippen molar-refractivity contribution in [3.63, 3.8) is 0 Å². The van der Waals surface area contributed by atoms with Crippen molar-refractivity contribution in [1.29, 1.82) is 0 Å². The SMILES string of the molecule is COc1ccc(-c2nn(-c3ccccc3)cc2C(=O)Nc2cccc(N3CCCC3)c2)cc1. The summed E-state index contributed by atoms with van der Waals surface area (Å²) in [5.74, 6) is 0.563. The molecule has 0 aliphatic carbocycles. The van der Waals surface area contributed by atoms with Crippen molar-refractivity contribution in [3.05, 3.63) is 90.6 Å². The molecular weight excluding hydrogens is 412 g/mol. The number of carbonyl (C=O) groups is 1. The highest BCUT2D eigenvalue weighted by molar-refractivity contribution is 6.08. The third kappa shape index (κ3) is 4.46. The summed E-state index contributed by atoms with van der Waals surface area (Å²) in [6, 6.07) is 25.4. The number of anilines is 2. The van der Waals surface area contributed by atoms with Crippen LogP contribution in [0.4, 0.5) is 11.4 Å². The van der Waals surface area contributed by atoms with Gasteiger partial charge < -0.3 is 15.0 Å². The number of amides is 1. The van der Waals surface area contributed by atoms with Crippen LogP contribution in [-0.4, -0.2) is 35.9 Å². The van der Waals surface area contributed by atoms with E-state index >= 15 is 0 Å². The monoisotopic (exact) mass is 438 g/mol. The molecule has 0 radical (unpaired) electrons. The molecule has 1 saturated heterocycles. The lowest BCUT2D eigenvalue weighted by Gasteiger charge is -2.18. The molecular formula is C27H26N4O2. The number of aromatic nitrogens is 2. The minimum Gasteiger partial charge on any atom is -0.497 e. The van der Waals surface area contributed by atoms with Gasteiger partial charge in [-0.1, -0.05) is 24.3 Å². The molecule has 1 fully saturated rings. The molecule has 1 aliphatic heterocycles. The van der Waals surface area contributed by atoms with E-state index in [0.717, 1.165) is 41.5 Å². The van der Waals surface area contributed by atoms with E-state index in [2.05, 4.69) is 16.3 Å². The smallest absolute Gasteiger partial charge is 0.259 e. The fourth-order valence-electron chi connectivity index (χ4n) is 4.17. The number of hydrogen-bond donors (Lipinski definition) is 1. The number of benzene rings is 3. The Kier molecular flexibility index (Phi) is 5.81. The Bertz CT molecular complexity index is 1240. The number of nitrogens with one attached hydrogen (secondary N) is 1. The van der Waals surface area contributed by atoms with Gasteiger partial charge in [0.1, 0.15) is 11.4 Å². The van der Waals surface area contributed by atoms with E-state index in [-0.39, 0.29) is 5.91 Å². The van der Waals surface area contributed by atoms with Gasteiger partial charge in [-0.2, -0.15) is 5.10 Å². The van der Waals surface area contributed by atoms with Gasteiger partial charge in [-0.15, -0.1) is 0 Å². The highest BCUT2D eigenvalue weighted by Gasteiger charge is 2.20. The maximum absolute atomic E-state index is 13.4. The molecule has 6 nitrogen and oxygen atoms in total. The quantitative estimate of drug-likeness (QED) is 0.438. The Morgan fingerprint density at radius 3 is 2.36 bits per heavy atom. The molecule has 4 aromatic rings. The van der Waals surface area contributed by atoms with E-state index in [4.69, 9.17) is 9.84 Å². The molecule has 6 heteroatoms. The number of ether oxygens (including phenoxy) is 1. The molecule has 0 spiro atoms. The van der Waals surface area contributed by atoms with E-state index < -0.39 is 0 Å². The molecule has 1 aromatic heterocycles. The number of para-hydroxylation sites is 1. The maximum Gasteiger partial charge on any atom is 0.259 e. The number of methoxy groups -OCH3 is 1. The molecule has 2 heterocycles. The van der Waals surface area contributed by atoms with Gasteiger partial charge in [-0.3, -0.25) is 4.79 Å².